The van der Waals surface area contributed by atoms with Crippen LogP contribution in [-0.4, -0.2) is 40.0 Å². The van der Waals surface area contributed by atoms with Crippen molar-refractivity contribution in [2.24, 2.45) is 5.92 Å². The van der Waals surface area contributed by atoms with Gasteiger partial charge in [0.15, 0.2) is 0 Å². The predicted molar refractivity (Wildman–Crippen MR) is 160 cm³/mol. The van der Waals surface area contributed by atoms with Gasteiger partial charge in [0.05, 0.1) is 18.2 Å². The minimum absolute atomic E-state index is 0.0824. The Balaban J connectivity index is 1.45. The fraction of sp³-hybridized carbons (Fsp3) is 0.355. The zero-order valence-corrected chi connectivity index (χ0v) is 24.5. The summed E-state index contributed by atoms with van der Waals surface area (Å²) in [6.45, 7) is 3.13. The van der Waals surface area contributed by atoms with Gasteiger partial charge in [-0.1, -0.05) is 41.9 Å². The molecule has 1 amide bonds. The summed E-state index contributed by atoms with van der Waals surface area (Å²) in [6.07, 6.45) is 3.62. The molecule has 1 atom stereocenters. The zero-order valence-electron chi connectivity index (χ0n) is 22.9. The number of hydrogen-bond acceptors (Lipinski definition) is 6. The van der Waals surface area contributed by atoms with Crippen LogP contribution in [0.15, 0.2) is 71.6 Å². The third kappa shape index (κ3) is 6.74. The van der Waals surface area contributed by atoms with Crippen LogP contribution in [0.4, 0.5) is 11.4 Å². The Morgan fingerprint density at radius 2 is 1.78 bits per heavy atom. The van der Waals surface area contributed by atoms with Crippen molar-refractivity contribution >= 4 is 44.9 Å². The summed E-state index contributed by atoms with van der Waals surface area (Å²) < 4.78 is 36.2. The van der Waals surface area contributed by atoms with Gasteiger partial charge < -0.3 is 15.0 Å². The van der Waals surface area contributed by atoms with Gasteiger partial charge in [0.25, 0.3) is 5.91 Å². The molecule has 1 saturated heterocycles. The number of nitrogens with zero attached hydrogens (tertiary/aromatic N) is 1. The molecule has 1 fully saturated rings. The van der Waals surface area contributed by atoms with E-state index in [1.54, 1.807) is 43.3 Å². The van der Waals surface area contributed by atoms with Gasteiger partial charge in [0, 0.05) is 35.4 Å². The number of carbonyl (C=O) groups is 2. The maximum Gasteiger partial charge on any atom is 0.309 e. The van der Waals surface area contributed by atoms with E-state index >= 15 is 0 Å². The highest BCUT2D eigenvalue weighted by Gasteiger charge is 2.32. The summed E-state index contributed by atoms with van der Waals surface area (Å²) >= 11 is 6.06. The number of nitrogens with one attached hydrogen (secondary N) is 2. The third-order valence-electron chi connectivity index (χ3n) is 7.72. The van der Waals surface area contributed by atoms with E-state index in [1.807, 2.05) is 29.2 Å². The number of hydrogen-bond donors (Lipinski definition) is 2. The van der Waals surface area contributed by atoms with Crippen LogP contribution in [-0.2, 0) is 26.0 Å². The van der Waals surface area contributed by atoms with Crippen LogP contribution in [0.25, 0.3) is 0 Å². The largest absolute Gasteiger partial charge is 0.466 e. The van der Waals surface area contributed by atoms with Crippen molar-refractivity contribution in [1.82, 2.24) is 4.72 Å². The number of esters is 1. The molecule has 0 saturated carbocycles. The molecule has 0 aromatic heterocycles. The molecular formula is C31H34ClN3O5S. The number of fused-ring (bicyclic) bond motifs is 1. The van der Waals surface area contributed by atoms with Crippen LogP contribution in [0.5, 0.6) is 0 Å². The summed E-state index contributed by atoms with van der Waals surface area (Å²) in [5.74, 6) is -0.816. The molecule has 0 bridgehead atoms. The van der Waals surface area contributed by atoms with E-state index in [0.717, 1.165) is 24.0 Å². The lowest BCUT2D eigenvalue weighted by atomic mass is 9.88. The Bertz CT molecular complexity index is 1540. The first kappa shape index (κ1) is 29.1. The first-order valence-corrected chi connectivity index (χ1v) is 15.8. The highest BCUT2D eigenvalue weighted by Crippen LogP contribution is 2.35. The molecule has 0 spiro atoms. The Kier molecular flexibility index (Phi) is 8.97. The second-order valence-corrected chi connectivity index (χ2v) is 12.5. The van der Waals surface area contributed by atoms with Gasteiger partial charge in [-0.3, -0.25) is 9.59 Å². The van der Waals surface area contributed by atoms with Gasteiger partial charge in [-0.25, -0.2) is 13.1 Å². The van der Waals surface area contributed by atoms with Gasteiger partial charge in [0.2, 0.25) is 10.0 Å². The van der Waals surface area contributed by atoms with Crippen molar-refractivity contribution in [3.8, 4) is 0 Å². The molecule has 1 unspecified atom stereocenters. The molecule has 10 heteroatoms. The second-order valence-electron chi connectivity index (χ2n) is 10.4. The van der Waals surface area contributed by atoms with Crippen molar-refractivity contribution in [3.63, 3.8) is 0 Å². The number of ether oxygens (including phenoxy) is 1. The normalized spacial score (nSPS) is 17.5. The number of anilines is 2. The fourth-order valence-electron chi connectivity index (χ4n) is 5.64. The Morgan fingerprint density at radius 1 is 1.00 bits per heavy atom. The summed E-state index contributed by atoms with van der Waals surface area (Å²) in [7, 11) is -4.01. The van der Waals surface area contributed by atoms with E-state index in [0.29, 0.717) is 60.9 Å². The zero-order chi connectivity index (χ0) is 29.0. The quantitative estimate of drug-likeness (QED) is 0.322. The molecule has 8 nitrogen and oxygen atoms in total. The number of sulfonamides is 1. The van der Waals surface area contributed by atoms with E-state index < -0.39 is 15.9 Å². The third-order valence-corrected chi connectivity index (χ3v) is 9.45. The lowest BCUT2D eigenvalue weighted by Gasteiger charge is -2.34. The number of aryl methyl sites for hydroxylation is 1. The molecule has 5 rings (SSSR count). The lowest BCUT2D eigenvalue weighted by molar-refractivity contribution is -0.148. The Hall–Kier alpha value is -3.40. The minimum atomic E-state index is -4.01. The molecule has 216 valence electrons. The van der Waals surface area contributed by atoms with Gasteiger partial charge in [0.1, 0.15) is 4.90 Å². The molecule has 2 N–H and O–H groups in total. The van der Waals surface area contributed by atoms with E-state index in [1.165, 1.54) is 6.07 Å². The van der Waals surface area contributed by atoms with Crippen molar-refractivity contribution in [1.29, 1.82) is 0 Å². The fourth-order valence-corrected chi connectivity index (χ4v) is 7.34. The molecule has 0 radical (unpaired) electrons. The van der Waals surface area contributed by atoms with E-state index in [2.05, 4.69) is 10.0 Å². The van der Waals surface area contributed by atoms with Crippen molar-refractivity contribution in [2.75, 3.05) is 29.9 Å². The predicted octanol–water partition coefficient (Wildman–Crippen LogP) is 5.73. The van der Waals surface area contributed by atoms with Crippen LogP contribution in [0.3, 0.4) is 0 Å². The molecule has 3 aromatic carbocycles. The lowest BCUT2D eigenvalue weighted by Crippen LogP contribution is -2.38. The van der Waals surface area contributed by atoms with E-state index in [-0.39, 0.29) is 22.8 Å². The first-order valence-electron chi connectivity index (χ1n) is 14.0. The number of piperidine rings is 1. The molecule has 41 heavy (non-hydrogen) atoms. The summed E-state index contributed by atoms with van der Waals surface area (Å²) in [5.41, 5.74) is 3.39. The smallest absolute Gasteiger partial charge is 0.309 e. The van der Waals surface area contributed by atoms with Crippen LogP contribution in [0, 0.1) is 5.92 Å². The van der Waals surface area contributed by atoms with Crippen LogP contribution in [0.2, 0.25) is 5.02 Å². The standard InChI is InChI=1S/C31H34ClN3O5S/c1-2-40-31(37)22-15-17-35(18-16-22)28-14-13-25(33-30(36)23-9-5-10-24(32)19-23)20-29(28)41(38,39)34-27-12-6-8-21-7-3-4-11-26(21)27/h3-5,7,9-11,13-14,19-20,22,27,34H,2,6,8,12,15-18H2,1H3,(H,33,36). The van der Waals surface area contributed by atoms with E-state index in [9.17, 15) is 18.0 Å². The average Bonchev–Trinajstić information content (AvgIpc) is 2.97. The Morgan fingerprint density at radius 3 is 2.54 bits per heavy atom. The van der Waals surface area contributed by atoms with Gasteiger partial charge >= 0.3 is 5.97 Å². The van der Waals surface area contributed by atoms with Crippen molar-refractivity contribution < 1.29 is 22.7 Å². The molecule has 2 aliphatic rings. The monoisotopic (exact) mass is 595 g/mol. The summed E-state index contributed by atoms with van der Waals surface area (Å²) in [5, 5.41) is 3.24. The minimum Gasteiger partial charge on any atom is -0.466 e. The van der Waals surface area contributed by atoms with Crippen LogP contribution < -0.4 is 14.9 Å². The summed E-state index contributed by atoms with van der Waals surface area (Å²) in [4.78, 5) is 27.3. The van der Waals surface area contributed by atoms with E-state index in [4.69, 9.17) is 16.3 Å². The molecule has 3 aromatic rings. The summed E-state index contributed by atoms with van der Waals surface area (Å²) in [6, 6.07) is 19.1. The molecule has 1 aliphatic carbocycles. The molecule has 1 aliphatic heterocycles. The molecule has 1 heterocycles. The highest BCUT2D eigenvalue weighted by atomic mass is 35.5. The second kappa shape index (κ2) is 12.6. The highest BCUT2D eigenvalue weighted by molar-refractivity contribution is 7.89. The number of halogens is 1. The van der Waals surface area contributed by atoms with Crippen LogP contribution >= 0.6 is 11.6 Å². The molecular weight excluding hydrogens is 562 g/mol. The number of benzene rings is 3. The van der Waals surface area contributed by atoms with Gasteiger partial charge in [-0.2, -0.15) is 0 Å². The van der Waals surface area contributed by atoms with Crippen molar-refractivity contribution in [2.45, 2.75) is 50.0 Å². The van der Waals surface area contributed by atoms with Gasteiger partial charge in [-0.05, 0) is 86.6 Å². The van der Waals surface area contributed by atoms with Crippen LogP contribution in [0.1, 0.15) is 60.1 Å². The maximum atomic E-state index is 14.0. The SMILES string of the molecule is CCOC(=O)C1CCN(c2ccc(NC(=O)c3cccc(Cl)c3)cc2S(=O)(=O)NC2CCCc3ccccc32)CC1. The Labute approximate surface area is 246 Å². The first-order chi connectivity index (χ1) is 19.7. The topological polar surface area (TPSA) is 105 Å². The number of carbonyl (C=O) groups excluding carboxylic acids is 2. The number of rotatable bonds is 8. The number of amides is 1. The maximum absolute atomic E-state index is 14.0. The van der Waals surface area contributed by atoms with Crippen molar-refractivity contribution in [3.05, 3.63) is 88.4 Å². The van der Waals surface area contributed by atoms with Gasteiger partial charge in [-0.15, -0.1) is 0 Å². The average molecular weight is 596 g/mol.